The molecule has 3 heterocycles. The molecule has 0 radical (unpaired) electrons. The SMILES string of the molecule is Cc1nc2scc(C)n2c1CNc1ccc2cn[nH]c2c1. The maximum atomic E-state index is 4.61. The Hall–Kier alpha value is -2.34. The van der Waals surface area contributed by atoms with Gasteiger partial charge in [-0.2, -0.15) is 5.10 Å². The maximum absolute atomic E-state index is 4.61. The van der Waals surface area contributed by atoms with Crippen molar-refractivity contribution in [3.05, 3.63) is 46.9 Å². The summed E-state index contributed by atoms with van der Waals surface area (Å²) in [7, 11) is 0. The van der Waals surface area contributed by atoms with E-state index in [4.69, 9.17) is 0 Å². The van der Waals surface area contributed by atoms with Crippen molar-refractivity contribution in [2.24, 2.45) is 0 Å². The molecule has 0 amide bonds. The monoisotopic (exact) mass is 297 g/mol. The van der Waals surface area contributed by atoms with Crippen LogP contribution in [0.25, 0.3) is 15.9 Å². The van der Waals surface area contributed by atoms with Crippen LogP contribution < -0.4 is 5.32 Å². The van der Waals surface area contributed by atoms with Gasteiger partial charge in [-0.05, 0) is 32.0 Å². The summed E-state index contributed by atoms with van der Waals surface area (Å²) in [5, 5.41) is 13.8. The normalized spacial score (nSPS) is 11.5. The molecule has 0 aliphatic heterocycles. The number of nitrogens with one attached hydrogen (secondary N) is 2. The summed E-state index contributed by atoms with van der Waals surface area (Å²) >= 11 is 1.68. The first-order valence-corrected chi connectivity index (χ1v) is 7.69. The van der Waals surface area contributed by atoms with Crippen molar-refractivity contribution in [3.8, 4) is 0 Å². The number of aromatic nitrogens is 4. The average molecular weight is 297 g/mol. The Morgan fingerprint density at radius 3 is 3.14 bits per heavy atom. The smallest absolute Gasteiger partial charge is 0.194 e. The van der Waals surface area contributed by atoms with Gasteiger partial charge in [-0.25, -0.2) is 4.98 Å². The number of aromatic amines is 1. The van der Waals surface area contributed by atoms with Gasteiger partial charge in [-0.3, -0.25) is 9.50 Å². The Kier molecular flexibility index (Phi) is 2.71. The number of hydrogen-bond acceptors (Lipinski definition) is 4. The van der Waals surface area contributed by atoms with Gasteiger partial charge in [-0.15, -0.1) is 11.3 Å². The lowest BCUT2D eigenvalue weighted by Crippen LogP contribution is -2.04. The third-order valence-corrected chi connectivity index (χ3v) is 4.68. The summed E-state index contributed by atoms with van der Waals surface area (Å²) in [6.45, 7) is 4.93. The van der Waals surface area contributed by atoms with Crippen LogP contribution in [-0.4, -0.2) is 19.6 Å². The molecule has 106 valence electrons. The van der Waals surface area contributed by atoms with Crippen LogP contribution in [0.4, 0.5) is 5.69 Å². The van der Waals surface area contributed by atoms with Crippen molar-refractivity contribution in [1.29, 1.82) is 0 Å². The molecule has 0 bridgehead atoms. The van der Waals surface area contributed by atoms with Crippen molar-refractivity contribution in [2.75, 3.05) is 5.32 Å². The zero-order valence-corrected chi connectivity index (χ0v) is 12.7. The van der Waals surface area contributed by atoms with E-state index in [0.29, 0.717) is 0 Å². The second kappa shape index (κ2) is 4.60. The molecule has 0 fully saturated rings. The Morgan fingerprint density at radius 1 is 1.33 bits per heavy atom. The minimum atomic E-state index is 0.754. The lowest BCUT2D eigenvalue weighted by atomic mass is 10.2. The van der Waals surface area contributed by atoms with Gasteiger partial charge in [-0.1, -0.05) is 0 Å². The number of imidazole rings is 1. The van der Waals surface area contributed by atoms with E-state index >= 15 is 0 Å². The topological polar surface area (TPSA) is 58.0 Å². The van der Waals surface area contributed by atoms with Gasteiger partial charge in [0.1, 0.15) is 0 Å². The first kappa shape index (κ1) is 12.4. The van der Waals surface area contributed by atoms with Crippen LogP contribution in [-0.2, 0) is 6.54 Å². The number of H-pyrrole nitrogens is 1. The van der Waals surface area contributed by atoms with Gasteiger partial charge in [0.15, 0.2) is 4.96 Å². The van der Waals surface area contributed by atoms with Gasteiger partial charge in [0.2, 0.25) is 0 Å². The molecule has 0 atom stereocenters. The summed E-state index contributed by atoms with van der Waals surface area (Å²) in [6.07, 6.45) is 1.83. The van der Waals surface area contributed by atoms with Crippen molar-refractivity contribution >= 4 is 32.9 Å². The van der Waals surface area contributed by atoms with E-state index in [2.05, 4.69) is 62.3 Å². The lowest BCUT2D eigenvalue weighted by molar-refractivity contribution is 0.966. The molecular weight excluding hydrogens is 282 g/mol. The largest absolute Gasteiger partial charge is 0.379 e. The molecule has 6 heteroatoms. The van der Waals surface area contributed by atoms with Crippen LogP contribution in [0.3, 0.4) is 0 Å². The Balaban J connectivity index is 1.65. The summed E-state index contributed by atoms with van der Waals surface area (Å²) in [6, 6.07) is 6.22. The molecule has 4 aromatic rings. The van der Waals surface area contributed by atoms with Gasteiger partial charge in [0, 0.05) is 22.1 Å². The number of hydrogen-bond donors (Lipinski definition) is 2. The van der Waals surface area contributed by atoms with Crippen LogP contribution in [0.15, 0.2) is 29.8 Å². The first-order chi connectivity index (χ1) is 10.2. The van der Waals surface area contributed by atoms with Crippen molar-refractivity contribution < 1.29 is 0 Å². The molecule has 3 aromatic heterocycles. The van der Waals surface area contributed by atoms with E-state index in [0.717, 1.165) is 33.8 Å². The van der Waals surface area contributed by atoms with E-state index in [1.807, 2.05) is 6.20 Å². The molecule has 0 saturated heterocycles. The van der Waals surface area contributed by atoms with Crippen LogP contribution in [0.1, 0.15) is 17.1 Å². The highest BCUT2D eigenvalue weighted by Gasteiger charge is 2.11. The van der Waals surface area contributed by atoms with Crippen LogP contribution in [0.2, 0.25) is 0 Å². The number of aryl methyl sites for hydroxylation is 2. The maximum Gasteiger partial charge on any atom is 0.194 e. The standard InChI is InChI=1S/C15H15N5S/c1-9-8-21-15-18-10(2)14(20(9)15)7-16-12-4-3-11-6-17-19-13(11)5-12/h3-6,8,16H,7H2,1-2H3,(H,17,19). The summed E-state index contributed by atoms with van der Waals surface area (Å²) in [4.78, 5) is 5.67. The summed E-state index contributed by atoms with van der Waals surface area (Å²) in [5.41, 5.74) is 5.65. The third-order valence-electron chi connectivity index (χ3n) is 3.73. The highest BCUT2D eigenvalue weighted by atomic mass is 32.1. The number of benzene rings is 1. The fourth-order valence-corrected chi connectivity index (χ4v) is 3.54. The van der Waals surface area contributed by atoms with Crippen LogP contribution in [0, 0.1) is 13.8 Å². The zero-order chi connectivity index (χ0) is 14.4. The summed E-state index contributed by atoms with van der Waals surface area (Å²) in [5.74, 6) is 0. The molecule has 5 nitrogen and oxygen atoms in total. The molecule has 21 heavy (non-hydrogen) atoms. The van der Waals surface area contributed by atoms with Crippen molar-refractivity contribution in [1.82, 2.24) is 19.6 Å². The van der Waals surface area contributed by atoms with E-state index in [9.17, 15) is 0 Å². The summed E-state index contributed by atoms with van der Waals surface area (Å²) < 4.78 is 2.22. The molecule has 1 aromatic carbocycles. The molecule has 0 saturated carbocycles. The van der Waals surface area contributed by atoms with Crippen LogP contribution in [0.5, 0.6) is 0 Å². The second-order valence-electron chi connectivity index (χ2n) is 5.16. The van der Waals surface area contributed by atoms with Crippen molar-refractivity contribution in [3.63, 3.8) is 0 Å². The molecule has 0 unspecified atom stereocenters. The van der Waals surface area contributed by atoms with Gasteiger partial charge in [0.05, 0.1) is 29.6 Å². The third kappa shape index (κ3) is 1.99. The molecule has 4 rings (SSSR count). The predicted molar refractivity (Wildman–Crippen MR) is 86.0 cm³/mol. The molecular formula is C15H15N5S. The van der Waals surface area contributed by atoms with Crippen LogP contribution >= 0.6 is 11.3 Å². The highest BCUT2D eigenvalue weighted by molar-refractivity contribution is 7.15. The number of anilines is 1. The average Bonchev–Trinajstić information content (AvgIpc) is 3.14. The zero-order valence-electron chi connectivity index (χ0n) is 11.8. The number of thiazole rings is 1. The molecule has 0 aliphatic rings. The second-order valence-corrected chi connectivity index (χ2v) is 6.00. The lowest BCUT2D eigenvalue weighted by Gasteiger charge is -2.07. The fraction of sp³-hybridized carbons (Fsp3) is 0.200. The van der Waals surface area contributed by atoms with E-state index in [1.165, 1.54) is 11.4 Å². The quantitative estimate of drug-likeness (QED) is 0.608. The van der Waals surface area contributed by atoms with Crippen molar-refractivity contribution in [2.45, 2.75) is 20.4 Å². The number of fused-ring (bicyclic) bond motifs is 2. The Labute approximate surface area is 125 Å². The molecule has 2 N–H and O–H groups in total. The van der Waals surface area contributed by atoms with E-state index < -0.39 is 0 Å². The predicted octanol–water partition coefficient (Wildman–Crippen LogP) is 3.50. The molecule has 0 aliphatic carbocycles. The Bertz CT molecular complexity index is 930. The fourth-order valence-electron chi connectivity index (χ4n) is 2.61. The Morgan fingerprint density at radius 2 is 2.24 bits per heavy atom. The molecule has 0 spiro atoms. The van der Waals surface area contributed by atoms with Gasteiger partial charge >= 0.3 is 0 Å². The van der Waals surface area contributed by atoms with Gasteiger partial charge < -0.3 is 5.32 Å². The highest BCUT2D eigenvalue weighted by Crippen LogP contribution is 2.22. The number of rotatable bonds is 3. The first-order valence-electron chi connectivity index (χ1n) is 6.81. The van der Waals surface area contributed by atoms with E-state index in [-0.39, 0.29) is 0 Å². The minimum absolute atomic E-state index is 0.754. The number of nitrogens with zero attached hydrogens (tertiary/aromatic N) is 3. The minimum Gasteiger partial charge on any atom is -0.379 e. The van der Waals surface area contributed by atoms with Gasteiger partial charge in [0.25, 0.3) is 0 Å². The van der Waals surface area contributed by atoms with E-state index in [1.54, 1.807) is 11.3 Å².